The summed E-state index contributed by atoms with van der Waals surface area (Å²) in [6.07, 6.45) is 6.71. The highest BCUT2D eigenvalue weighted by atomic mass is 16.5. The molecule has 0 amide bonds. The Hall–Kier alpha value is -0.0800. The highest BCUT2D eigenvalue weighted by molar-refractivity contribution is 4.83. The zero-order valence-corrected chi connectivity index (χ0v) is 9.88. The van der Waals surface area contributed by atoms with E-state index in [-0.39, 0.29) is 0 Å². The van der Waals surface area contributed by atoms with Gasteiger partial charge in [0.1, 0.15) is 0 Å². The Kier molecular flexibility index (Phi) is 5.49. The van der Waals surface area contributed by atoms with Gasteiger partial charge in [-0.05, 0) is 38.1 Å². The summed E-state index contributed by atoms with van der Waals surface area (Å²) in [6.45, 7) is 3.30. The largest absolute Gasteiger partial charge is 0.385 e. The molecule has 0 spiro atoms. The van der Waals surface area contributed by atoms with E-state index >= 15 is 0 Å². The molecule has 3 unspecified atom stereocenters. The lowest BCUT2D eigenvalue weighted by atomic mass is 9.88. The lowest BCUT2D eigenvalue weighted by Gasteiger charge is -2.26. The molecule has 1 aliphatic rings. The first-order valence-electron chi connectivity index (χ1n) is 5.95. The molecule has 0 aromatic carbocycles. The standard InChI is InChI=1S/C12H25NO/c1-10-6-4-7-11(10)12(13-2)8-5-9-14-3/h10-13H,4-9H2,1-3H3. The molecule has 1 rings (SSSR count). The Bertz CT molecular complexity index is 149. The number of hydrogen-bond donors (Lipinski definition) is 1. The highest BCUT2D eigenvalue weighted by Crippen LogP contribution is 2.34. The van der Waals surface area contributed by atoms with Gasteiger partial charge in [0.15, 0.2) is 0 Å². The van der Waals surface area contributed by atoms with Crippen LogP contribution in [0.15, 0.2) is 0 Å². The Balaban J connectivity index is 2.29. The smallest absolute Gasteiger partial charge is 0.0462 e. The van der Waals surface area contributed by atoms with E-state index in [0.29, 0.717) is 6.04 Å². The van der Waals surface area contributed by atoms with Crippen molar-refractivity contribution in [2.24, 2.45) is 11.8 Å². The number of rotatable bonds is 6. The minimum Gasteiger partial charge on any atom is -0.385 e. The number of methoxy groups -OCH3 is 1. The van der Waals surface area contributed by atoms with Crippen molar-refractivity contribution >= 4 is 0 Å². The van der Waals surface area contributed by atoms with E-state index in [2.05, 4.69) is 19.3 Å². The Labute approximate surface area is 88.4 Å². The van der Waals surface area contributed by atoms with Gasteiger partial charge in [0.2, 0.25) is 0 Å². The molecule has 1 saturated carbocycles. The second-order valence-electron chi connectivity index (χ2n) is 4.60. The van der Waals surface area contributed by atoms with Crippen LogP contribution >= 0.6 is 0 Å². The molecular formula is C12H25NO. The van der Waals surface area contributed by atoms with E-state index in [4.69, 9.17) is 4.74 Å². The van der Waals surface area contributed by atoms with Crippen molar-refractivity contribution < 1.29 is 4.74 Å². The first kappa shape index (κ1) is 12.0. The summed E-state index contributed by atoms with van der Waals surface area (Å²) in [4.78, 5) is 0. The van der Waals surface area contributed by atoms with E-state index in [9.17, 15) is 0 Å². The molecule has 1 fully saturated rings. The molecule has 1 N–H and O–H groups in total. The highest BCUT2D eigenvalue weighted by Gasteiger charge is 2.29. The monoisotopic (exact) mass is 199 g/mol. The molecule has 0 heterocycles. The molecule has 0 aromatic rings. The molecule has 0 radical (unpaired) electrons. The third-order valence-corrected chi connectivity index (χ3v) is 3.68. The van der Waals surface area contributed by atoms with Gasteiger partial charge >= 0.3 is 0 Å². The van der Waals surface area contributed by atoms with Crippen LogP contribution in [0.25, 0.3) is 0 Å². The summed E-state index contributed by atoms with van der Waals surface area (Å²) in [5.74, 6) is 1.81. The molecule has 2 nitrogen and oxygen atoms in total. The first-order valence-corrected chi connectivity index (χ1v) is 5.95. The summed E-state index contributed by atoms with van der Waals surface area (Å²) >= 11 is 0. The molecule has 0 saturated heterocycles. The maximum Gasteiger partial charge on any atom is 0.0462 e. The van der Waals surface area contributed by atoms with Gasteiger partial charge < -0.3 is 10.1 Å². The minimum atomic E-state index is 0.711. The van der Waals surface area contributed by atoms with Gasteiger partial charge in [0.25, 0.3) is 0 Å². The van der Waals surface area contributed by atoms with E-state index in [1.165, 1.54) is 32.1 Å². The molecule has 0 aromatic heterocycles. The SMILES string of the molecule is CNC(CCCOC)C1CCCC1C. The average Bonchev–Trinajstić information content (AvgIpc) is 2.60. The molecule has 1 aliphatic carbocycles. The fraction of sp³-hybridized carbons (Fsp3) is 1.00. The summed E-state index contributed by atoms with van der Waals surface area (Å²) < 4.78 is 5.10. The third kappa shape index (κ3) is 3.25. The Morgan fingerprint density at radius 3 is 2.71 bits per heavy atom. The zero-order chi connectivity index (χ0) is 10.4. The quantitative estimate of drug-likeness (QED) is 0.663. The Morgan fingerprint density at radius 1 is 1.43 bits per heavy atom. The molecule has 0 bridgehead atoms. The summed E-state index contributed by atoms with van der Waals surface area (Å²) in [5, 5.41) is 3.48. The van der Waals surface area contributed by atoms with E-state index in [0.717, 1.165) is 18.4 Å². The minimum absolute atomic E-state index is 0.711. The van der Waals surface area contributed by atoms with Crippen LogP contribution in [0.2, 0.25) is 0 Å². The van der Waals surface area contributed by atoms with Crippen molar-refractivity contribution in [2.75, 3.05) is 20.8 Å². The average molecular weight is 199 g/mol. The van der Waals surface area contributed by atoms with Crippen molar-refractivity contribution in [2.45, 2.75) is 45.1 Å². The molecular weight excluding hydrogens is 174 g/mol. The molecule has 14 heavy (non-hydrogen) atoms. The lowest BCUT2D eigenvalue weighted by molar-refractivity contribution is 0.181. The topological polar surface area (TPSA) is 21.3 Å². The van der Waals surface area contributed by atoms with Crippen LogP contribution < -0.4 is 5.32 Å². The molecule has 3 atom stereocenters. The molecule has 0 aliphatic heterocycles. The number of nitrogens with one attached hydrogen (secondary N) is 1. The fourth-order valence-corrected chi connectivity index (χ4v) is 2.79. The van der Waals surface area contributed by atoms with Gasteiger partial charge in [-0.3, -0.25) is 0 Å². The van der Waals surface area contributed by atoms with Crippen LogP contribution in [-0.2, 0) is 4.74 Å². The summed E-state index contributed by atoms with van der Waals surface area (Å²) in [7, 11) is 3.88. The fourth-order valence-electron chi connectivity index (χ4n) is 2.79. The number of hydrogen-bond acceptors (Lipinski definition) is 2. The van der Waals surface area contributed by atoms with Gasteiger partial charge in [-0.15, -0.1) is 0 Å². The zero-order valence-electron chi connectivity index (χ0n) is 9.88. The maximum absolute atomic E-state index is 5.10. The van der Waals surface area contributed by atoms with Crippen molar-refractivity contribution in [3.8, 4) is 0 Å². The Morgan fingerprint density at radius 2 is 2.21 bits per heavy atom. The predicted molar refractivity (Wildman–Crippen MR) is 60.5 cm³/mol. The van der Waals surface area contributed by atoms with Gasteiger partial charge in [-0.25, -0.2) is 0 Å². The molecule has 2 heteroatoms. The maximum atomic E-state index is 5.10. The van der Waals surface area contributed by atoms with Crippen LogP contribution in [0.1, 0.15) is 39.0 Å². The normalized spacial score (nSPS) is 29.4. The van der Waals surface area contributed by atoms with Gasteiger partial charge in [-0.1, -0.05) is 19.8 Å². The van der Waals surface area contributed by atoms with Crippen molar-refractivity contribution in [3.05, 3.63) is 0 Å². The van der Waals surface area contributed by atoms with Gasteiger partial charge in [-0.2, -0.15) is 0 Å². The molecule has 84 valence electrons. The van der Waals surface area contributed by atoms with Crippen LogP contribution in [0.3, 0.4) is 0 Å². The number of ether oxygens (including phenoxy) is 1. The van der Waals surface area contributed by atoms with Crippen molar-refractivity contribution in [3.63, 3.8) is 0 Å². The van der Waals surface area contributed by atoms with Crippen LogP contribution in [-0.4, -0.2) is 26.8 Å². The lowest BCUT2D eigenvalue weighted by Crippen LogP contribution is -2.35. The summed E-state index contributed by atoms with van der Waals surface area (Å²) in [6, 6.07) is 0.711. The van der Waals surface area contributed by atoms with Crippen molar-refractivity contribution in [1.29, 1.82) is 0 Å². The summed E-state index contributed by atoms with van der Waals surface area (Å²) in [5.41, 5.74) is 0. The van der Waals surface area contributed by atoms with E-state index < -0.39 is 0 Å². The third-order valence-electron chi connectivity index (χ3n) is 3.68. The second kappa shape index (κ2) is 6.41. The van der Waals surface area contributed by atoms with Crippen LogP contribution in [0.5, 0.6) is 0 Å². The van der Waals surface area contributed by atoms with E-state index in [1.54, 1.807) is 7.11 Å². The van der Waals surface area contributed by atoms with Gasteiger partial charge in [0, 0.05) is 19.8 Å². The second-order valence-corrected chi connectivity index (χ2v) is 4.60. The van der Waals surface area contributed by atoms with Crippen LogP contribution in [0, 0.1) is 11.8 Å². The van der Waals surface area contributed by atoms with Gasteiger partial charge in [0.05, 0.1) is 0 Å². The van der Waals surface area contributed by atoms with Crippen LogP contribution in [0.4, 0.5) is 0 Å². The van der Waals surface area contributed by atoms with E-state index in [1.807, 2.05) is 0 Å². The predicted octanol–water partition coefficient (Wildman–Crippen LogP) is 2.44. The first-order chi connectivity index (χ1) is 6.79. The van der Waals surface area contributed by atoms with Crippen molar-refractivity contribution in [1.82, 2.24) is 5.32 Å².